The van der Waals surface area contributed by atoms with E-state index >= 15 is 0 Å². The van der Waals surface area contributed by atoms with Crippen LogP contribution in [0, 0.1) is 17.8 Å². The van der Waals surface area contributed by atoms with Gasteiger partial charge in [-0.1, -0.05) is 72.6 Å². The standard InChI is InChI=1S/C48H59ClN2O11/c1-2-24-59-48-44(51(20-26-57-27-23-54)47(56)58-25-19-49)31-42(50-60-33-34-11-4-3-5-12-34)40-29-36(14-6-8-21-52)39(16-7-9-22-53)45(46(40)48)41-30-38(17-18-43(41)62-48)61-37-15-10-13-35(28-37)32-55/h2-5,10-13,15,17-18,28-30,32,36,39,44-46,52-54H,1,6-9,14,16,19-27,31,33H2. The fourth-order valence-electron chi connectivity index (χ4n) is 9.17. The van der Waals surface area contributed by atoms with Crippen molar-refractivity contribution in [1.82, 2.24) is 4.90 Å². The number of ether oxygens (including phenoxy) is 5. The third-order valence-corrected chi connectivity index (χ3v) is 11.9. The van der Waals surface area contributed by atoms with Crippen molar-refractivity contribution in [1.29, 1.82) is 0 Å². The second-order valence-electron chi connectivity index (χ2n) is 15.7. The maximum atomic E-state index is 14.3. The number of aliphatic hydroxyl groups is 3. The average Bonchev–Trinajstić information content (AvgIpc) is 3.29. The van der Waals surface area contributed by atoms with Gasteiger partial charge in [0, 0.05) is 43.2 Å². The largest absolute Gasteiger partial charge is 0.459 e. The summed E-state index contributed by atoms with van der Waals surface area (Å²) in [6, 6.07) is 21.5. The van der Waals surface area contributed by atoms with Crippen molar-refractivity contribution in [3.63, 3.8) is 0 Å². The minimum absolute atomic E-state index is 0.0148. The van der Waals surface area contributed by atoms with Crippen molar-refractivity contribution in [3.8, 4) is 17.2 Å². The minimum atomic E-state index is -1.53. The number of hydrogen-bond acceptors (Lipinski definition) is 12. The summed E-state index contributed by atoms with van der Waals surface area (Å²) >= 11 is 6.04. The molecule has 0 radical (unpaired) electrons. The number of unbranched alkanes of at least 4 members (excludes halogenated alkanes) is 2. The molecule has 13 nitrogen and oxygen atoms in total. The lowest BCUT2D eigenvalue weighted by Crippen LogP contribution is -2.70. The Labute approximate surface area is 368 Å². The number of benzene rings is 3. The Balaban J connectivity index is 1.58. The third kappa shape index (κ3) is 11.2. The van der Waals surface area contributed by atoms with Crippen molar-refractivity contribution >= 4 is 29.7 Å². The number of amides is 1. The lowest BCUT2D eigenvalue weighted by atomic mass is 9.55. The number of carbonyl (C=O) groups is 2. The van der Waals surface area contributed by atoms with Gasteiger partial charge in [-0.2, -0.15) is 0 Å². The van der Waals surface area contributed by atoms with E-state index in [4.69, 9.17) is 45.3 Å². The van der Waals surface area contributed by atoms with Crippen LogP contribution in [0.2, 0.25) is 0 Å². The molecule has 3 aliphatic rings. The highest BCUT2D eigenvalue weighted by Gasteiger charge is 2.65. The summed E-state index contributed by atoms with van der Waals surface area (Å²) in [5, 5.41) is 34.2. The molecule has 3 aromatic rings. The van der Waals surface area contributed by atoms with E-state index in [-0.39, 0.29) is 89.5 Å². The molecule has 3 N–H and O–H groups in total. The van der Waals surface area contributed by atoms with Gasteiger partial charge in [0.2, 0.25) is 5.79 Å². The van der Waals surface area contributed by atoms with Crippen LogP contribution in [0.4, 0.5) is 4.79 Å². The molecule has 1 saturated carbocycles. The van der Waals surface area contributed by atoms with Crippen LogP contribution in [-0.2, 0) is 25.7 Å². The number of aliphatic hydroxyl groups excluding tert-OH is 3. The van der Waals surface area contributed by atoms with Gasteiger partial charge in [0.1, 0.15) is 42.8 Å². The maximum Gasteiger partial charge on any atom is 0.410 e. The van der Waals surface area contributed by atoms with E-state index in [9.17, 15) is 24.9 Å². The second kappa shape index (κ2) is 23.6. The number of carbonyl (C=O) groups excluding carboxylic acids is 2. The van der Waals surface area contributed by atoms with E-state index in [0.717, 1.165) is 48.7 Å². The molecule has 0 spiro atoms. The summed E-state index contributed by atoms with van der Waals surface area (Å²) in [5.41, 5.74) is 3.78. The molecule has 1 amide bonds. The molecule has 6 atom stereocenters. The average molecular weight is 875 g/mol. The van der Waals surface area contributed by atoms with Crippen LogP contribution in [0.15, 0.2) is 102 Å². The van der Waals surface area contributed by atoms with Crippen molar-refractivity contribution in [3.05, 3.63) is 114 Å². The molecule has 6 unspecified atom stereocenters. The fraction of sp³-hybridized carbons (Fsp3) is 0.479. The topological polar surface area (TPSA) is 166 Å². The molecule has 2 aliphatic carbocycles. The predicted octanol–water partition coefficient (Wildman–Crippen LogP) is 7.81. The number of halogens is 1. The summed E-state index contributed by atoms with van der Waals surface area (Å²) in [7, 11) is 0. The second-order valence-corrected chi connectivity index (χ2v) is 16.0. The first-order valence-corrected chi connectivity index (χ1v) is 22.1. The number of alkyl halides is 1. The lowest BCUT2D eigenvalue weighted by Gasteiger charge is -2.59. The Morgan fingerprint density at radius 2 is 1.73 bits per heavy atom. The Kier molecular flexibility index (Phi) is 17.8. The van der Waals surface area contributed by atoms with Crippen LogP contribution in [0.25, 0.3) is 0 Å². The number of rotatable bonds is 25. The highest BCUT2D eigenvalue weighted by atomic mass is 35.5. The van der Waals surface area contributed by atoms with Gasteiger partial charge in [-0.05, 0) is 79.0 Å². The molecule has 3 aromatic carbocycles. The highest BCUT2D eigenvalue weighted by Crippen LogP contribution is 2.62. The van der Waals surface area contributed by atoms with E-state index in [0.29, 0.717) is 41.4 Å². The molecule has 1 fully saturated rings. The van der Waals surface area contributed by atoms with Crippen molar-refractivity contribution in [2.45, 2.75) is 69.3 Å². The monoisotopic (exact) mass is 874 g/mol. The van der Waals surface area contributed by atoms with Gasteiger partial charge in [0.05, 0.1) is 43.9 Å². The van der Waals surface area contributed by atoms with Crippen molar-refractivity contribution in [2.75, 3.05) is 58.7 Å². The van der Waals surface area contributed by atoms with E-state index in [1.807, 2.05) is 48.5 Å². The zero-order valence-corrected chi connectivity index (χ0v) is 35.9. The first kappa shape index (κ1) is 46.7. The van der Waals surface area contributed by atoms with Gasteiger partial charge >= 0.3 is 6.09 Å². The fourth-order valence-corrected chi connectivity index (χ4v) is 9.25. The minimum Gasteiger partial charge on any atom is -0.459 e. The molecule has 1 aliphatic heterocycles. The molecule has 6 rings (SSSR count). The van der Waals surface area contributed by atoms with E-state index in [1.54, 1.807) is 35.2 Å². The third-order valence-electron chi connectivity index (χ3n) is 11.7. The highest BCUT2D eigenvalue weighted by molar-refractivity contribution is 6.18. The normalized spacial score (nSPS) is 23.0. The first-order valence-electron chi connectivity index (χ1n) is 21.6. The zero-order chi connectivity index (χ0) is 43.7. The first-order chi connectivity index (χ1) is 30.4. The summed E-state index contributed by atoms with van der Waals surface area (Å²) in [4.78, 5) is 33.7. The van der Waals surface area contributed by atoms with E-state index in [2.05, 4.69) is 12.7 Å². The van der Waals surface area contributed by atoms with Gasteiger partial charge in [-0.25, -0.2) is 4.79 Å². The Morgan fingerprint density at radius 1 is 0.935 bits per heavy atom. The molecular weight excluding hydrogens is 816 g/mol. The van der Waals surface area contributed by atoms with Gasteiger partial charge in [-0.15, -0.1) is 18.2 Å². The van der Waals surface area contributed by atoms with Crippen LogP contribution in [0.3, 0.4) is 0 Å². The van der Waals surface area contributed by atoms with Crippen molar-refractivity contribution in [2.24, 2.45) is 22.9 Å². The molecular formula is C48H59ClN2O11. The molecule has 14 heteroatoms. The summed E-state index contributed by atoms with van der Waals surface area (Å²) < 4.78 is 32.1. The number of allylic oxidation sites excluding steroid dienone is 1. The zero-order valence-electron chi connectivity index (χ0n) is 35.2. The van der Waals surface area contributed by atoms with E-state index in [1.165, 1.54) is 0 Å². The SMILES string of the molecule is C=CCOC12Oc3ccc(Oc4cccc(C=O)c4)cc3C3C(CCCCO)C(CCCCO)C=C(C(=NOCc4ccccc4)CC1N(CCOCCO)C(=O)OCCCl)C32. The molecule has 0 bridgehead atoms. The molecule has 62 heavy (non-hydrogen) atoms. The van der Waals surface area contributed by atoms with E-state index < -0.39 is 23.8 Å². The van der Waals surface area contributed by atoms with Gasteiger partial charge < -0.3 is 43.8 Å². The molecule has 334 valence electrons. The Hall–Kier alpha value is -4.76. The molecule has 0 saturated heterocycles. The van der Waals surface area contributed by atoms with Gasteiger partial charge in [0.25, 0.3) is 0 Å². The van der Waals surface area contributed by atoms with Crippen molar-refractivity contribution < 1.29 is 53.4 Å². The quantitative estimate of drug-likeness (QED) is 0.0250. The number of oxime groups is 1. The van der Waals surface area contributed by atoms with Crippen LogP contribution >= 0.6 is 11.6 Å². The molecule has 0 aromatic heterocycles. The van der Waals surface area contributed by atoms with Gasteiger partial charge in [0.15, 0.2) is 0 Å². The van der Waals surface area contributed by atoms with Crippen LogP contribution in [0.1, 0.15) is 72.3 Å². The lowest BCUT2D eigenvalue weighted by molar-refractivity contribution is -0.256. The summed E-state index contributed by atoms with van der Waals surface area (Å²) in [6.45, 7) is 4.40. The number of nitrogens with zero attached hydrogens (tertiary/aromatic N) is 2. The van der Waals surface area contributed by atoms with Crippen LogP contribution in [0.5, 0.6) is 17.2 Å². The smallest absolute Gasteiger partial charge is 0.410 e. The molecule has 1 heterocycles. The predicted molar refractivity (Wildman–Crippen MR) is 235 cm³/mol. The number of hydrogen-bond donors (Lipinski definition) is 3. The van der Waals surface area contributed by atoms with Crippen LogP contribution in [-0.4, -0.2) is 109 Å². The summed E-state index contributed by atoms with van der Waals surface area (Å²) in [5.74, 6) is -0.748. The Bertz CT molecular complexity index is 1980. The maximum absolute atomic E-state index is 14.3. The number of aldehydes is 1. The van der Waals surface area contributed by atoms with Gasteiger partial charge in [-0.3, -0.25) is 9.69 Å². The summed E-state index contributed by atoms with van der Waals surface area (Å²) in [6.07, 6.45) is 8.52. The number of fused-ring (bicyclic) bond motifs is 2. The van der Waals surface area contributed by atoms with Crippen LogP contribution < -0.4 is 9.47 Å². The Morgan fingerprint density at radius 3 is 2.47 bits per heavy atom.